The molecule has 0 atom stereocenters. The van der Waals surface area contributed by atoms with E-state index >= 15 is 0 Å². The number of ether oxygens (including phenoxy) is 1. The highest BCUT2D eigenvalue weighted by Gasteiger charge is 2.10. The molecular weight excluding hydrogens is 250 g/mol. The summed E-state index contributed by atoms with van der Waals surface area (Å²) >= 11 is 5.83. The number of likely N-dealkylation sites (tertiary alicyclic amines) is 1. The van der Waals surface area contributed by atoms with Gasteiger partial charge in [0.05, 0.1) is 5.56 Å². The molecule has 1 aromatic rings. The number of halogens is 1. The third-order valence-electron chi connectivity index (χ3n) is 3.21. The van der Waals surface area contributed by atoms with E-state index in [9.17, 15) is 4.79 Å². The van der Waals surface area contributed by atoms with Gasteiger partial charge in [-0.05, 0) is 44.1 Å². The van der Waals surface area contributed by atoms with Crippen molar-refractivity contribution < 1.29 is 9.53 Å². The van der Waals surface area contributed by atoms with E-state index in [1.165, 1.54) is 19.3 Å². The number of rotatable bonds is 5. The predicted molar refractivity (Wildman–Crippen MR) is 72.6 cm³/mol. The first-order valence-electron chi connectivity index (χ1n) is 6.39. The van der Waals surface area contributed by atoms with Gasteiger partial charge in [-0.15, -0.1) is 0 Å². The summed E-state index contributed by atoms with van der Waals surface area (Å²) in [6.45, 7) is 3.85. The second-order valence-electron chi connectivity index (χ2n) is 4.55. The van der Waals surface area contributed by atoms with Crippen LogP contribution in [0.2, 0.25) is 5.02 Å². The molecule has 1 aliphatic rings. The largest absolute Gasteiger partial charge is 0.492 e. The summed E-state index contributed by atoms with van der Waals surface area (Å²) in [6, 6.07) is 5.12. The van der Waals surface area contributed by atoms with Crippen molar-refractivity contribution in [1.29, 1.82) is 0 Å². The number of aldehydes is 1. The van der Waals surface area contributed by atoms with Crippen molar-refractivity contribution >= 4 is 17.9 Å². The number of carbonyl (C=O) groups is 1. The number of carbonyl (C=O) groups excluding carboxylic acids is 1. The fourth-order valence-corrected chi connectivity index (χ4v) is 2.39. The van der Waals surface area contributed by atoms with Gasteiger partial charge in [0.1, 0.15) is 12.4 Å². The van der Waals surface area contributed by atoms with Gasteiger partial charge in [0.15, 0.2) is 6.29 Å². The average Bonchev–Trinajstić information content (AvgIpc) is 2.41. The number of hydrogen-bond acceptors (Lipinski definition) is 3. The molecule has 2 rings (SSSR count). The minimum Gasteiger partial charge on any atom is -0.492 e. The quantitative estimate of drug-likeness (QED) is 0.768. The van der Waals surface area contributed by atoms with Gasteiger partial charge in [0.25, 0.3) is 0 Å². The second kappa shape index (κ2) is 6.76. The fraction of sp³-hybridized carbons (Fsp3) is 0.500. The Hall–Kier alpha value is -1.06. The maximum absolute atomic E-state index is 10.9. The van der Waals surface area contributed by atoms with Gasteiger partial charge in [0.2, 0.25) is 0 Å². The van der Waals surface area contributed by atoms with Crippen LogP contribution in [0.1, 0.15) is 29.6 Å². The van der Waals surface area contributed by atoms with Gasteiger partial charge in [-0.1, -0.05) is 18.0 Å². The molecule has 1 saturated heterocycles. The summed E-state index contributed by atoms with van der Waals surface area (Å²) in [4.78, 5) is 13.3. The Bertz CT molecular complexity index is 403. The molecular formula is C14H18ClNO2. The molecule has 0 aromatic heterocycles. The number of piperidine rings is 1. The standard InChI is InChI=1S/C14H18ClNO2/c15-13-4-5-14(12(10-13)11-17)18-9-8-16-6-2-1-3-7-16/h4-5,10-11H,1-3,6-9H2. The number of nitrogens with zero attached hydrogens (tertiary/aromatic N) is 1. The molecule has 0 spiro atoms. The zero-order valence-electron chi connectivity index (χ0n) is 10.4. The monoisotopic (exact) mass is 267 g/mol. The molecule has 0 aliphatic carbocycles. The summed E-state index contributed by atoms with van der Waals surface area (Å²) in [5, 5.41) is 0.556. The van der Waals surface area contributed by atoms with Crippen molar-refractivity contribution in [2.45, 2.75) is 19.3 Å². The molecule has 0 unspecified atom stereocenters. The van der Waals surface area contributed by atoms with E-state index in [0.29, 0.717) is 22.9 Å². The summed E-state index contributed by atoms with van der Waals surface area (Å²) in [5.74, 6) is 0.617. The Kier molecular flexibility index (Phi) is 5.02. The lowest BCUT2D eigenvalue weighted by molar-refractivity contribution is 0.111. The van der Waals surface area contributed by atoms with Crippen LogP contribution in [-0.4, -0.2) is 37.4 Å². The SMILES string of the molecule is O=Cc1cc(Cl)ccc1OCCN1CCCCC1. The van der Waals surface area contributed by atoms with Gasteiger partial charge >= 0.3 is 0 Å². The number of benzene rings is 1. The molecule has 1 heterocycles. The van der Waals surface area contributed by atoms with Gasteiger partial charge < -0.3 is 4.74 Å². The Labute approximate surface area is 113 Å². The van der Waals surface area contributed by atoms with Crippen molar-refractivity contribution in [3.63, 3.8) is 0 Å². The Morgan fingerprint density at radius 3 is 2.78 bits per heavy atom. The minimum absolute atomic E-state index is 0.515. The molecule has 1 aliphatic heterocycles. The second-order valence-corrected chi connectivity index (χ2v) is 4.99. The van der Waals surface area contributed by atoms with Crippen LogP contribution >= 0.6 is 11.6 Å². The van der Waals surface area contributed by atoms with Crippen LogP contribution in [0.15, 0.2) is 18.2 Å². The molecule has 1 aromatic carbocycles. The summed E-state index contributed by atoms with van der Waals surface area (Å²) in [5.41, 5.74) is 0.515. The average molecular weight is 268 g/mol. The fourth-order valence-electron chi connectivity index (χ4n) is 2.21. The molecule has 0 saturated carbocycles. The molecule has 0 radical (unpaired) electrons. The summed E-state index contributed by atoms with van der Waals surface area (Å²) < 4.78 is 5.65. The van der Waals surface area contributed by atoms with E-state index in [0.717, 1.165) is 25.9 Å². The summed E-state index contributed by atoms with van der Waals surface area (Å²) in [6.07, 6.45) is 4.67. The highest BCUT2D eigenvalue weighted by atomic mass is 35.5. The van der Waals surface area contributed by atoms with Crippen LogP contribution in [0.3, 0.4) is 0 Å². The molecule has 0 amide bonds. The van der Waals surface area contributed by atoms with E-state index in [1.54, 1.807) is 18.2 Å². The molecule has 4 heteroatoms. The van der Waals surface area contributed by atoms with E-state index in [2.05, 4.69) is 4.90 Å². The first-order valence-corrected chi connectivity index (χ1v) is 6.77. The minimum atomic E-state index is 0.515. The lowest BCUT2D eigenvalue weighted by Crippen LogP contribution is -2.33. The van der Waals surface area contributed by atoms with Gasteiger partial charge in [-0.3, -0.25) is 9.69 Å². The summed E-state index contributed by atoms with van der Waals surface area (Å²) in [7, 11) is 0. The van der Waals surface area contributed by atoms with Crippen LogP contribution < -0.4 is 4.74 Å². The van der Waals surface area contributed by atoms with E-state index in [1.807, 2.05) is 0 Å². The molecule has 1 fully saturated rings. The maximum Gasteiger partial charge on any atom is 0.153 e. The lowest BCUT2D eigenvalue weighted by Gasteiger charge is -2.26. The third kappa shape index (κ3) is 3.72. The maximum atomic E-state index is 10.9. The normalized spacial score (nSPS) is 16.5. The van der Waals surface area contributed by atoms with Gasteiger partial charge in [-0.2, -0.15) is 0 Å². The Morgan fingerprint density at radius 2 is 2.06 bits per heavy atom. The van der Waals surface area contributed by atoms with Gasteiger partial charge in [0, 0.05) is 11.6 Å². The zero-order chi connectivity index (χ0) is 12.8. The number of hydrogen-bond donors (Lipinski definition) is 0. The highest BCUT2D eigenvalue weighted by Crippen LogP contribution is 2.21. The third-order valence-corrected chi connectivity index (χ3v) is 3.45. The van der Waals surface area contributed by atoms with Crippen molar-refractivity contribution in [1.82, 2.24) is 4.90 Å². The van der Waals surface area contributed by atoms with Crippen molar-refractivity contribution in [2.24, 2.45) is 0 Å². The van der Waals surface area contributed by atoms with Crippen molar-refractivity contribution in [2.75, 3.05) is 26.2 Å². The van der Waals surface area contributed by atoms with Crippen molar-refractivity contribution in [3.8, 4) is 5.75 Å². The van der Waals surface area contributed by atoms with Crippen LogP contribution in [0, 0.1) is 0 Å². The zero-order valence-corrected chi connectivity index (χ0v) is 11.2. The first kappa shape index (κ1) is 13.4. The molecule has 0 bridgehead atoms. The Morgan fingerprint density at radius 1 is 1.28 bits per heavy atom. The first-order chi connectivity index (χ1) is 8.79. The Balaban J connectivity index is 1.84. The predicted octanol–water partition coefficient (Wildman–Crippen LogP) is 3.02. The van der Waals surface area contributed by atoms with Crippen LogP contribution in [-0.2, 0) is 0 Å². The molecule has 0 N–H and O–H groups in total. The van der Waals surface area contributed by atoms with E-state index in [-0.39, 0.29) is 0 Å². The highest BCUT2D eigenvalue weighted by molar-refractivity contribution is 6.30. The van der Waals surface area contributed by atoms with Crippen molar-refractivity contribution in [3.05, 3.63) is 28.8 Å². The van der Waals surface area contributed by atoms with E-state index < -0.39 is 0 Å². The van der Waals surface area contributed by atoms with Gasteiger partial charge in [-0.25, -0.2) is 0 Å². The topological polar surface area (TPSA) is 29.5 Å². The smallest absolute Gasteiger partial charge is 0.153 e. The molecule has 98 valence electrons. The van der Waals surface area contributed by atoms with Crippen LogP contribution in [0.5, 0.6) is 5.75 Å². The molecule has 18 heavy (non-hydrogen) atoms. The van der Waals surface area contributed by atoms with E-state index in [4.69, 9.17) is 16.3 Å². The van der Waals surface area contributed by atoms with Crippen LogP contribution in [0.25, 0.3) is 0 Å². The lowest BCUT2D eigenvalue weighted by atomic mass is 10.1. The van der Waals surface area contributed by atoms with Crippen LogP contribution in [0.4, 0.5) is 0 Å². The molecule has 3 nitrogen and oxygen atoms in total.